The van der Waals surface area contributed by atoms with Gasteiger partial charge in [0.15, 0.2) is 0 Å². The monoisotopic (exact) mass is 306 g/mol. The SMILES string of the molecule is C[C@@H](NCC(=O)Nc1ccc(Cl)cc1)c1cccc(F)c1. The molecule has 0 saturated carbocycles. The lowest BCUT2D eigenvalue weighted by Crippen LogP contribution is -2.30. The summed E-state index contributed by atoms with van der Waals surface area (Å²) < 4.78 is 13.1. The van der Waals surface area contributed by atoms with Crippen LogP contribution in [0.4, 0.5) is 10.1 Å². The fourth-order valence-corrected chi connectivity index (χ4v) is 2.00. The van der Waals surface area contributed by atoms with E-state index in [1.54, 1.807) is 30.3 Å². The van der Waals surface area contributed by atoms with Gasteiger partial charge in [0, 0.05) is 16.8 Å². The van der Waals surface area contributed by atoms with Gasteiger partial charge in [-0.15, -0.1) is 0 Å². The fraction of sp³-hybridized carbons (Fsp3) is 0.188. The van der Waals surface area contributed by atoms with E-state index >= 15 is 0 Å². The molecule has 2 rings (SSSR count). The van der Waals surface area contributed by atoms with Crippen LogP contribution in [0.2, 0.25) is 5.02 Å². The largest absolute Gasteiger partial charge is 0.325 e. The van der Waals surface area contributed by atoms with Gasteiger partial charge in [-0.3, -0.25) is 4.79 Å². The molecule has 0 aliphatic carbocycles. The van der Waals surface area contributed by atoms with Gasteiger partial charge >= 0.3 is 0 Å². The lowest BCUT2D eigenvalue weighted by molar-refractivity contribution is -0.115. The van der Waals surface area contributed by atoms with Crippen molar-refractivity contribution in [2.24, 2.45) is 0 Å². The molecular formula is C16H16ClFN2O. The molecule has 5 heteroatoms. The number of rotatable bonds is 5. The predicted molar refractivity (Wildman–Crippen MR) is 82.9 cm³/mol. The summed E-state index contributed by atoms with van der Waals surface area (Å²) in [5.41, 5.74) is 1.49. The molecule has 0 bridgehead atoms. The first-order chi connectivity index (χ1) is 10.0. The number of carbonyl (C=O) groups is 1. The summed E-state index contributed by atoms with van der Waals surface area (Å²) >= 11 is 5.78. The summed E-state index contributed by atoms with van der Waals surface area (Å²) in [6.45, 7) is 2.02. The molecule has 0 aliphatic rings. The maximum absolute atomic E-state index is 13.1. The molecule has 0 unspecified atom stereocenters. The molecule has 3 nitrogen and oxygen atoms in total. The van der Waals surface area contributed by atoms with Crippen LogP contribution in [0, 0.1) is 5.82 Å². The Labute approximate surface area is 128 Å². The highest BCUT2D eigenvalue weighted by Crippen LogP contribution is 2.14. The Kier molecular flexibility index (Phi) is 5.31. The van der Waals surface area contributed by atoms with E-state index in [1.807, 2.05) is 13.0 Å². The minimum Gasteiger partial charge on any atom is -0.325 e. The second-order valence-electron chi connectivity index (χ2n) is 4.71. The van der Waals surface area contributed by atoms with Crippen molar-refractivity contribution in [3.05, 3.63) is 64.9 Å². The van der Waals surface area contributed by atoms with Crippen LogP contribution in [-0.4, -0.2) is 12.5 Å². The maximum atomic E-state index is 13.1. The molecule has 2 N–H and O–H groups in total. The molecule has 0 fully saturated rings. The number of amides is 1. The van der Waals surface area contributed by atoms with E-state index in [2.05, 4.69) is 10.6 Å². The second-order valence-corrected chi connectivity index (χ2v) is 5.15. The number of nitrogens with one attached hydrogen (secondary N) is 2. The highest BCUT2D eigenvalue weighted by atomic mass is 35.5. The Balaban J connectivity index is 1.84. The zero-order chi connectivity index (χ0) is 15.2. The third-order valence-electron chi connectivity index (χ3n) is 3.05. The zero-order valence-electron chi connectivity index (χ0n) is 11.6. The number of carbonyl (C=O) groups excluding carboxylic acids is 1. The van der Waals surface area contributed by atoms with Crippen LogP contribution >= 0.6 is 11.6 Å². The number of hydrogen-bond acceptors (Lipinski definition) is 2. The summed E-state index contributed by atoms with van der Waals surface area (Å²) in [6.07, 6.45) is 0. The van der Waals surface area contributed by atoms with Crippen LogP contribution in [0.1, 0.15) is 18.5 Å². The lowest BCUT2D eigenvalue weighted by Gasteiger charge is -2.14. The summed E-state index contributed by atoms with van der Waals surface area (Å²) in [5, 5.41) is 6.42. The van der Waals surface area contributed by atoms with Crippen LogP contribution in [0.3, 0.4) is 0 Å². The fourth-order valence-electron chi connectivity index (χ4n) is 1.88. The van der Waals surface area contributed by atoms with Crippen molar-refractivity contribution in [2.75, 3.05) is 11.9 Å². The van der Waals surface area contributed by atoms with E-state index in [4.69, 9.17) is 11.6 Å². The molecule has 0 aliphatic heterocycles. The van der Waals surface area contributed by atoms with Crippen molar-refractivity contribution in [3.8, 4) is 0 Å². The average Bonchev–Trinajstić information content (AvgIpc) is 2.47. The van der Waals surface area contributed by atoms with E-state index < -0.39 is 0 Å². The van der Waals surface area contributed by atoms with Gasteiger partial charge < -0.3 is 10.6 Å². The van der Waals surface area contributed by atoms with Crippen LogP contribution in [0.5, 0.6) is 0 Å². The van der Waals surface area contributed by atoms with Gasteiger partial charge in [-0.05, 0) is 48.9 Å². The first-order valence-electron chi connectivity index (χ1n) is 6.59. The first kappa shape index (κ1) is 15.5. The van der Waals surface area contributed by atoms with Crippen molar-refractivity contribution in [2.45, 2.75) is 13.0 Å². The summed E-state index contributed by atoms with van der Waals surface area (Å²) in [6, 6.07) is 13.1. The van der Waals surface area contributed by atoms with Crippen LogP contribution in [0.25, 0.3) is 0 Å². The van der Waals surface area contributed by atoms with E-state index in [0.717, 1.165) is 5.56 Å². The molecule has 0 heterocycles. The Morgan fingerprint density at radius 2 is 1.95 bits per heavy atom. The van der Waals surface area contributed by atoms with E-state index in [1.165, 1.54) is 12.1 Å². The van der Waals surface area contributed by atoms with Crippen molar-refractivity contribution < 1.29 is 9.18 Å². The quantitative estimate of drug-likeness (QED) is 0.883. The molecule has 0 aromatic heterocycles. The lowest BCUT2D eigenvalue weighted by atomic mass is 10.1. The van der Waals surface area contributed by atoms with Gasteiger partial charge in [-0.1, -0.05) is 23.7 Å². The number of hydrogen-bond donors (Lipinski definition) is 2. The third-order valence-corrected chi connectivity index (χ3v) is 3.30. The molecule has 1 atom stereocenters. The van der Waals surface area contributed by atoms with Gasteiger partial charge in [-0.25, -0.2) is 4.39 Å². The van der Waals surface area contributed by atoms with Gasteiger partial charge in [-0.2, -0.15) is 0 Å². The Morgan fingerprint density at radius 3 is 2.62 bits per heavy atom. The van der Waals surface area contributed by atoms with Gasteiger partial charge in [0.25, 0.3) is 0 Å². The van der Waals surface area contributed by atoms with Crippen molar-refractivity contribution in [1.29, 1.82) is 0 Å². The van der Waals surface area contributed by atoms with Crippen LogP contribution in [0.15, 0.2) is 48.5 Å². The standard InChI is InChI=1S/C16H16ClFN2O/c1-11(12-3-2-4-14(18)9-12)19-10-16(21)20-15-7-5-13(17)6-8-15/h2-9,11,19H,10H2,1H3,(H,20,21)/t11-/m1/s1. The zero-order valence-corrected chi connectivity index (χ0v) is 12.3. The normalized spacial score (nSPS) is 12.0. The minimum atomic E-state index is -0.285. The molecule has 0 saturated heterocycles. The number of anilines is 1. The highest BCUT2D eigenvalue weighted by molar-refractivity contribution is 6.30. The number of benzene rings is 2. The Hall–Kier alpha value is -1.91. The molecule has 110 valence electrons. The second kappa shape index (κ2) is 7.20. The molecular weight excluding hydrogens is 291 g/mol. The minimum absolute atomic E-state index is 0.114. The van der Waals surface area contributed by atoms with E-state index in [-0.39, 0.29) is 24.3 Å². The summed E-state index contributed by atoms with van der Waals surface area (Å²) in [7, 11) is 0. The summed E-state index contributed by atoms with van der Waals surface area (Å²) in [5.74, 6) is -0.452. The molecule has 1 amide bonds. The van der Waals surface area contributed by atoms with Gasteiger partial charge in [0.2, 0.25) is 5.91 Å². The van der Waals surface area contributed by atoms with E-state index in [0.29, 0.717) is 10.7 Å². The van der Waals surface area contributed by atoms with Crippen LogP contribution < -0.4 is 10.6 Å². The Bertz CT molecular complexity index is 616. The van der Waals surface area contributed by atoms with Gasteiger partial charge in [0.1, 0.15) is 5.82 Å². The Morgan fingerprint density at radius 1 is 1.24 bits per heavy atom. The van der Waals surface area contributed by atoms with Crippen molar-refractivity contribution in [3.63, 3.8) is 0 Å². The van der Waals surface area contributed by atoms with Crippen molar-refractivity contribution >= 4 is 23.2 Å². The predicted octanol–water partition coefficient (Wildman–Crippen LogP) is 3.77. The van der Waals surface area contributed by atoms with Gasteiger partial charge in [0.05, 0.1) is 6.54 Å². The molecule has 0 radical (unpaired) electrons. The summed E-state index contributed by atoms with van der Waals surface area (Å²) in [4.78, 5) is 11.8. The molecule has 21 heavy (non-hydrogen) atoms. The van der Waals surface area contributed by atoms with E-state index in [9.17, 15) is 9.18 Å². The highest BCUT2D eigenvalue weighted by Gasteiger charge is 2.08. The third kappa shape index (κ3) is 4.85. The maximum Gasteiger partial charge on any atom is 0.238 e. The van der Waals surface area contributed by atoms with Crippen molar-refractivity contribution in [1.82, 2.24) is 5.32 Å². The first-order valence-corrected chi connectivity index (χ1v) is 6.96. The topological polar surface area (TPSA) is 41.1 Å². The molecule has 2 aromatic carbocycles. The average molecular weight is 307 g/mol. The molecule has 0 spiro atoms. The smallest absolute Gasteiger partial charge is 0.238 e. The number of halogens is 2. The molecule has 2 aromatic rings. The van der Waals surface area contributed by atoms with Crippen LogP contribution in [-0.2, 0) is 4.79 Å².